The lowest BCUT2D eigenvalue weighted by molar-refractivity contribution is 0.0945. The Kier molecular flexibility index (Phi) is 6.51. The highest BCUT2D eigenvalue weighted by Gasteiger charge is 2.13. The van der Waals surface area contributed by atoms with E-state index >= 15 is 0 Å². The molecule has 0 radical (unpaired) electrons. The molecular formula is C20H22N6O3. The molecule has 0 saturated carbocycles. The van der Waals surface area contributed by atoms with E-state index in [2.05, 4.69) is 25.6 Å². The number of carbonyl (C=O) groups excluding carboxylic acids is 2. The first-order valence-electron chi connectivity index (χ1n) is 9.03. The van der Waals surface area contributed by atoms with Crippen molar-refractivity contribution in [2.45, 2.75) is 13.0 Å². The van der Waals surface area contributed by atoms with Crippen molar-refractivity contribution in [1.82, 2.24) is 30.2 Å². The third-order valence-electron chi connectivity index (χ3n) is 4.14. The summed E-state index contributed by atoms with van der Waals surface area (Å²) >= 11 is 0. The number of nitrogens with zero attached hydrogens (tertiary/aromatic N) is 4. The predicted molar refractivity (Wildman–Crippen MR) is 105 cm³/mol. The third-order valence-corrected chi connectivity index (χ3v) is 4.14. The van der Waals surface area contributed by atoms with Crippen molar-refractivity contribution < 1.29 is 14.3 Å². The molecule has 0 spiro atoms. The summed E-state index contributed by atoms with van der Waals surface area (Å²) in [6.45, 7) is 0.725. The number of nitrogens with one attached hydrogen (secondary N) is 2. The van der Waals surface area contributed by atoms with Crippen molar-refractivity contribution in [3.05, 3.63) is 71.8 Å². The fourth-order valence-electron chi connectivity index (χ4n) is 2.65. The number of carbonyl (C=O) groups is 2. The van der Waals surface area contributed by atoms with Gasteiger partial charge >= 0.3 is 0 Å². The summed E-state index contributed by atoms with van der Waals surface area (Å²) < 4.78 is 7.01. The van der Waals surface area contributed by atoms with Gasteiger partial charge in [0.2, 0.25) is 0 Å². The number of amides is 2. The molecule has 0 aliphatic rings. The smallest absolute Gasteiger partial charge is 0.270 e. The maximum atomic E-state index is 12.4. The van der Waals surface area contributed by atoms with Gasteiger partial charge < -0.3 is 19.9 Å². The number of aryl methyl sites for hydroxylation is 1. The number of aromatic nitrogens is 4. The van der Waals surface area contributed by atoms with E-state index in [0.717, 1.165) is 11.3 Å². The molecular weight excluding hydrogens is 372 g/mol. The Balaban J connectivity index is 1.54. The van der Waals surface area contributed by atoms with E-state index in [1.54, 1.807) is 13.4 Å². The Morgan fingerprint density at radius 3 is 2.52 bits per heavy atom. The average Bonchev–Trinajstić information content (AvgIpc) is 3.17. The fourth-order valence-corrected chi connectivity index (χ4v) is 2.65. The maximum Gasteiger partial charge on any atom is 0.270 e. The molecule has 0 fully saturated rings. The van der Waals surface area contributed by atoms with E-state index in [1.807, 2.05) is 42.1 Å². The van der Waals surface area contributed by atoms with E-state index < -0.39 is 5.91 Å². The maximum absolute atomic E-state index is 12.4. The molecule has 2 N–H and O–H groups in total. The molecule has 0 aliphatic heterocycles. The van der Waals surface area contributed by atoms with Crippen LogP contribution >= 0.6 is 0 Å². The average molecular weight is 394 g/mol. The van der Waals surface area contributed by atoms with Crippen LogP contribution in [0.25, 0.3) is 0 Å². The topological polar surface area (TPSA) is 111 Å². The monoisotopic (exact) mass is 394 g/mol. The lowest BCUT2D eigenvalue weighted by Gasteiger charge is -2.08. The molecule has 0 unspecified atom stereocenters. The van der Waals surface area contributed by atoms with E-state index in [-0.39, 0.29) is 17.3 Å². The van der Waals surface area contributed by atoms with Gasteiger partial charge in [0, 0.05) is 38.8 Å². The normalized spacial score (nSPS) is 10.4. The van der Waals surface area contributed by atoms with Crippen molar-refractivity contribution >= 4 is 11.8 Å². The van der Waals surface area contributed by atoms with Crippen molar-refractivity contribution in [1.29, 1.82) is 0 Å². The lowest BCUT2D eigenvalue weighted by Crippen LogP contribution is -2.28. The number of methoxy groups -OCH3 is 1. The van der Waals surface area contributed by atoms with Crippen molar-refractivity contribution in [3.8, 4) is 5.75 Å². The van der Waals surface area contributed by atoms with Crippen molar-refractivity contribution in [2.75, 3.05) is 13.7 Å². The molecule has 0 aliphatic carbocycles. The van der Waals surface area contributed by atoms with E-state index in [0.29, 0.717) is 25.3 Å². The van der Waals surface area contributed by atoms with Crippen LogP contribution < -0.4 is 15.4 Å². The van der Waals surface area contributed by atoms with Crippen molar-refractivity contribution in [3.63, 3.8) is 0 Å². The number of benzene rings is 1. The molecule has 2 aromatic heterocycles. The van der Waals surface area contributed by atoms with Gasteiger partial charge in [-0.05, 0) is 17.7 Å². The van der Waals surface area contributed by atoms with Crippen LogP contribution in [-0.2, 0) is 20.0 Å². The summed E-state index contributed by atoms with van der Waals surface area (Å²) in [5.74, 6) is -0.0497. The summed E-state index contributed by atoms with van der Waals surface area (Å²) in [5.41, 5.74) is 2.03. The first-order chi connectivity index (χ1) is 14.0. The van der Waals surface area contributed by atoms with Crippen LogP contribution in [0.15, 0.2) is 49.2 Å². The van der Waals surface area contributed by atoms with Gasteiger partial charge in [0.15, 0.2) is 0 Å². The second-order valence-electron chi connectivity index (χ2n) is 6.36. The number of ether oxygens (including phenoxy) is 1. The van der Waals surface area contributed by atoms with Gasteiger partial charge in [-0.15, -0.1) is 0 Å². The first kappa shape index (κ1) is 20.0. The molecule has 0 bridgehead atoms. The van der Waals surface area contributed by atoms with Gasteiger partial charge in [-0.25, -0.2) is 15.0 Å². The Bertz CT molecular complexity index is 1000. The zero-order valence-electron chi connectivity index (χ0n) is 16.3. The second-order valence-corrected chi connectivity index (χ2v) is 6.36. The number of imidazole rings is 1. The summed E-state index contributed by atoms with van der Waals surface area (Å²) in [6, 6.07) is 8.76. The van der Waals surface area contributed by atoms with E-state index in [9.17, 15) is 9.59 Å². The van der Waals surface area contributed by atoms with Gasteiger partial charge in [-0.1, -0.05) is 12.1 Å². The van der Waals surface area contributed by atoms with Crippen LogP contribution in [0.1, 0.15) is 32.2 Å². The third kappa shape index (κ3) is 5.61. The minimum absolute atomic E-state index is 0.123. The van der Waals surface area contributed by atoms with Gasteiger partial charge in [0.1, 0.15) is 23.5 Å². The minimum Gasteiger partial charge on any atom is -0.497 e. The van der Waals surface area contributed by atoms with Crippen LogP contribution in [0.5, 0.6) is 5.75 Å². The first-order valence-corrected chi connectivity index (χ1v) is 9.03. The Labute approximate surface area is 168 Å². The largest absolute Gasteiger partial charge is 0.497 e. The quantitative estimate of drug-likeness (QED) is 0.592. The van der Waals surface area contributed by atoms with E-state index in [4.69, 9.17) is 4.74 Å². The standard InChI is InChI=1S/C20H22N6O3/c1-26-11-15(25-13-26)6-7-21-19(27)17-9-18(24-12-23-17)20(28)22-10-14-4-3-5-16(8-14)29-2/h3-5,8-9,11-13H,6-7,10H2,1-2H3,(H,21,27)(H,22,28). The summed E-state index contributed by atoms with van der Waals surface area (Å²) in [7, 11) is 3.47. The molecule has 2 amide bonds. The highest BCUT2D eigenvalue weighted by molar-refractivity contribution is 5.97. The molecule has 29 heavy (non-hydrogen) atoms. The molecule has 0 atom stereocenters. The zero-order valence-corrected chi connectivity index (χ0v) is 16.3. The predicted octanol–water partition coefficient (Wildman–Crippen LogP) is 1.12. The highest BCUT2D eigenvalue weighted by Crippen LogP contribution is 2.12. The van der Waals surface area contributed by atoms with Crippen LogP contribution in [0, 0.1) is 0 Å². The summed E-state index contributed by atoms with van der Waals surface area (Å²) in [5, 5.41) is 5.54. The SMILES string of the molecule is COc1cccc(CNC(=O)c2cc(C(=O)NCCc3cn(C)cn3)ncn2)c1. The summed E-state index contributed by atoms with van der Waals surface area (Å²) in [6.07, 6.45) is 5.40. The second kappa shape index (κ2) is 9.45. The number of hydrogen-bond donors (Lipinski definition) is 2. The molecule has 2 heterocycles. The Hall–Kier alpha value is -3.75. The van der Waals surface area contributed by atoms with Gasteiger partial charge in [-0.3, -0.25) is 9.59 Å². The van der Waals surface area contributed by atoms with Crippen LogP contribution in [0.4, 0.5) is 0 Å². The van der Waals surface area contributed by atoms with Gasteiger partial charge in [0.25, 0.3) is 11.8 Å². The molecule has 9 nitrogen and oxygen atoms in total. The van der Waals surface area contributed by atoms with Gasteiger partial charge in [-0.2, -0.15) is 0 Å². The molecule has 1 aromatic carbocycles. The van der Waals surface area contributed by atoms with E-state index in [1.165, 1.54) is 12.4 Å². The lowest BCUT2D eigenvalue weighted by atomic mass is 10.2. The molecule has 3 rings (SSSR count). The van der Waals surface area contributed by atoms with Crippen LogP contribution in [0.2, 0.25) is 0 Å². The molecule has 9 heteroatoms. The summed E-state index contributed by atoms with van der Waals surface area (Å²) in [4.78, 5) is 36.8. The van der Waals surface area contributed by atoms with Crippen LogP contribution in [-0.4, -0.2) is 45.0 Å². The highest BCUT2D eigenvalue weighted by atomic mass is 16.5. The molecule has 150 valence electrons. The zero-order chi connectivity index (χ0) is 20.6. The number of rotatable bonds is 8. The molecule has 3 aromatic rings. The fraction of sp³-hybridized carbons (Fsp3) is 0.250. The molecule has 0 saturated heterocycles. The minimum atomic E-state index is -0.391. The van der Waals surface area contributed by atoms with Crippen LogP contribution in [0.3, 0.4) is 0 Å². The van der Waals surface area contributed by atoms with Crippen molar-refractivity contribution in [2.24, 2.45) is 7.05 Å². The van der Waals surface area contributed by atoms with Gasteiger partial charge in [0.05, 0.1) is 19.1 Å². The Morgan fingerprint density at radius 2 is 1.83 bits per heavy atom. The number of hydrogen-bond acceptors (Lipinski definition) is 6. The Morgan fingerprint density at radius 1 is 1.07 bits per heavy atom.